The minimum absolute atomic E-state index is 0.584. The van der Waals surface area contributed by atoms with E-state index < -0.39 is 0 Å². The van der Waals surface area contributed by atoms with Crippen LogP contribution in [0.15, 0.2) is 41.8 Å². The summed E-state index contributed by atoms with van der Waals surface area (Å²) < 4.78 is 5.53. The first-order valence-corrected chi connectivity index (χ1v) is 6.12. The van der Waals surface area contributed by atoms with E-state index in [0.29, 0.717) is 12.2 Å². The lowest BCUT2D eigenvalue weighted by molar-refractivity contribution is 0.344. The molecule has 1 aromatic carbocycles. The molecule has 17 heavy (non-hydrogen) atoms. The molecule has 0 saturated heterocycles. The summed E-state index contributed by atoms with van der Waals surface area (Å²) in [5, 5.41) is 9.62. The van der Waals surface area contributed by atoms with Gasteiger partial charge in [0.05, 0.1) is 18.2 Å². The highest BCUT2D eigenvalue weighted by molar-refractivity contribution is 7.99. The zero-order valence-corrected chi connectivity index (χ0v) is 9.91. The predicted molar refractivity (Wildman–Crippen MR) is 66.0 cm³/mol. The average molecular weight is 245 g/mol. The van der Waals surface area contributed by atoms with Gasteiger partial charge in [-0.1, -0.05) is 17.8 Å². The highest BCUT2D eigenvalue weighted by Gasteiger charge is 1.98. The van der Waals surface area contributed by atoms with E-state index in [2.05, 4.69) is 16.0 Å². The normalized spacial score (nSPS) is 9.82. The Morgan fingerprint density at radius 1 is 1.47 bits per heavy atom. The number of nitrogens with zero attached hydrogens (tertiary/aromatic N) is 2. The molecule has 4 nitrogen and oxygen atoms in total. The number of benzene rings is 1. The lowest BCUT2D eigenvalue weighted by atomic mass is 10.2. The van der Waals surface area contributed by atoms with Gasteiger partial charge >= 0.3 is 0 Å². The number of thioether (sulfide) groups is 1. The number of H-pyrrole nitrogens is 1. The van der Waals surface area contributed by atoms with Gasteiger partial charge in [0, 0.05) is 18.1 Å². The zero-order chi connectivity index (χ0) is 11.9. The number of nitriles is 1. The summed E-state index contributed by atoms with van der Waals surface area (Å²) in [6.07, 6.45) is 3.51. The first-order valence-electron chi connectivity index (χ1n) is 5.13. The van der Waals surface area contributed by atoms with Crippen LogP contribution in [-0.2, 0) is 0 Å². The molecule has 2 aromatic rings. The summed E-state index contributed by atoms with van der Waals surface area (Å²) >= 11 is 1.60. The molecule has 1 N–H and O–H groups in total. The van der Waals surface area contributed by atoms with Crippen molar-refractivity contribution in [2.24, 2.45) is 0 Å². The van der Waals surface area contributed by atoms with Crippen molar-refractivity contribution in [3.63, 3.8) is 0 Å². The third-order valence-electron chi connectivity index (χ3n) is 2.03. The number of hydrogen-bond donors (Lipinski definition) is 1. The standard InChI is InChI=1S/C12H11N3OS/c13-9-10-2-1-3-11(8-10)16-6-7-17-12-14-4-5-15-12/h1-5,8H,6-7H2,(H,14,15). The molecule has 86 valence electrons. The molecule has 0 spiro atoms. The Morgan fingerprint density at radius 3 is 3.18 bits per heavy atom. The zero-order valence-electron chi connectivity index (χ0n) is 9.09. The van der Waals surface area contributed by atoms with Crippen molar-refractivity contribution < 1.29 is 4.74 Å². The first-order chi connectivity index (χ1) is 8.38. The summed E-state index contributed by atoms with van der Waals surface area (Å²) in [7, 11) is 0. The molecule has 0 saturated carbocycles. The third kappa shape index (κ3) is 3.54. The Bertz CT molecular complexity index is 505. The Hall–Kier alpha value is -1.93. The number of aromatic amines is 1. The largest absolute Gasteiger partial charge is 0.493 e. The highest BCUT2D eigenvalue weighted by Crippen LogP contribution is 2.15. The van der Waals surface area contributed by atoms with Crippen molar-refractivity contribution in [2.45, 2.75) is 5.16 Å². The quantitative estimate of drug-likeness (QED) is 0.649. The molecule has 0 aliphatic rings. The number of ether oxygens (including phenoxy) is 1. The second kappa shape index (κ2) is 5.97. The van der Waals surface area contributed by atoms with Gasteiger partial charge in [0.15, 0.2) is 5.16 Å². The predicted octanol–water partition coefficient (Wildman–Crippen LogP) is 2.45. The molecule has 0 radical (unpaired) electrons. The number of nitrogens with one attached hydrogen (secondary N) is 1. The van der Waals surface area contributed by atoms with Gasteiger partial charge in [-0.3, -0.25) is 0 Å². The van der Waals surface area contributed by atoms with E-state index in [9.17, 15) is 0 Å². The van der Waals surface area contributed by atoms with Crippen LogP contribution in [0.25, 0.3) is 0 Å². The van der Waals surface area contributed by atoms with E-state index in [4.69, 9.17) is 10.00 Å². The van der Waals surface area contributed by atoms with Gasteiger partial charge in [0.1, 0.15) is 5.75 Å². The maximum absolute atomic E-state index is 8.74. The van der Waals surface area contributed by atoms with Crippen molar-refractivity contribution in [3.05, 3.63) is 42.2 Å². The van der Waals surface area contributed by atoms with Crippen molar-refractivity contribution in [3.8, 4) is 11.8 Å². The molecular weight excluding hydrogens is 234 g/mol. The molecule has 1 aromatic heterocycles. The molecule has 5 heteroatoms. The smallest absolute Gasteiger partial charge is 0.165 e. The molecule has 2 rings (SSSR count). The minimum Gasteiger partial charge on any atom is -0.493 e. The van der Waals surface area contributed by atoms with Crippen LogP contribution in [-0.4, -0.2) is 22.3 Å². The molecule has 0 atom stereocenters. The monoisotopic (exact) mass is 245 g/mol. The molecule has 0 fully saturated rings. The fourth-order valence-corrected chi connectivity index (χ4v) is 1.93. The average Bonchev–Trinajstić information content (AvgIpc) is 2.88. The fraction of sp³-hybridized carbons (Fsp3) is 0.167. The topological polar surface area (TPSA) is 61.7 Å². The second-order valence-corrected chi connectivity index (χ2v) is 4.31. The molecule has 0 aliphatic heterocycles. The van der Waals surface area contributed by atoms with Gasteiger partial charge < -0.3 is 9.72 Å². The van der Waals surface area contributed by atoms with Crippen molar-refractivity contribution in [1.82, 2.24) is 9.97 Å². The van der Waals surface area contributed by atoms with Crippen LogP contribution in [0.4, 0.5) is 0 Å². The van der Waals surface area contributed by atoms with Crippen LogP contribution in [0, 0.1) is 11.3 Å². The fourth-order valence-electron chi connectivity index (χ4n) is 1.28. The Kier molecular flexibility index (Phi) is 4.05. The summed E-state index contributed by atoms with van der Waals surface area (Å²) in [6, 6.07) is 9.23. The van der Waals surface area contributed by atoms with Crippen LogP contribution in [0.2, 0.25) is 0 Å². The van der Waals surface area contributed by atoms with Gasteiger partial charge in [0.25, 0.3) is 0 Å². The maximum Gasteiger partial charge on any atom is 0.165 e. The van der Waals surface area contributed by atoms with Crippen LogP contribution in [0.3, 0.4) is 0 Å². The van der Waals surface area contributed by atoms with E-state index in [-0.39, 0.29) is 0 Å². The van der Waals surface area contributed by atoms with Crippen molar-refractivity contribution in [2.75, 3.05) is 12.4 Å². The maximum atomic E-state index is 8.74. The van der Waals surface area contributed by atoms with Gasteiger partial charge in [-0.2, -0.15) is 5.26 Å². The van der Waals surface area contributed by atoms with Crippen molar-refractivity contribution in [1.29, 1.82) is 5.26 Å². The second-order valence-electron chi connectivity index (χ2n) is 3.23. The van der Waals surface area contributed by atoms with Gasteiger partial charge in [-0.25, -0.2) is 4.98 Å². The molecular formula is C12H11N3OS. The van der Waals surface area contributed by atoms with Gasteiger partial charge in [-0.15, -0.1) is 0 Å². The Labute approximate surface area is 104 Å². The van der Waals surface area contributed by atoms with Crippen LogP contribution in [0.1, 0.15) is 5.56 Å². The van der Waals surface area contributed by atoms with E-state index in [1.165, 1.54) is 0 Å². The number of rotatable bonds is 5. The highest BCUT2D eigenvalue weighted by atomic mass is 32.2. The van der Waals surface area contributed by atoms with E-state index in [0.717, 1.165) is 16.7 Å². The first kappa shape index (κ1) is 11.6. The number of aromatic nitrogens is 2. The van der Waals surface area contributed by atoms with E-state index >= 15 is 0 Å². The number of imidazole rings is 1. The lowest BCUT2D eigenvalue weighted by Crippen LogP contribution is -2.00. The molecule has 0 amide bonds. The van der Waals surface area contributed by atoms with E-state index in [1.807, 2.05) is 12.1 Å². The Morgan fingerprint density at radius 2 is 2.41 bits per heavy atom. The Balaban J connectivity index is 1.76. The molecule has 1 heterocycles. The van der Waals surface area contributed by atoms with Crippen molar-refractivity contribution >= 4 is 11.8 Å². The summed E-state index contributed by atoms with van der Waals surface area (Å²) in [5.74, 6) is 1.54. The van der Waals surface area contributed by atoms with Crippen LogP contribution < -0.4 is 4.74 Å². The summed E-state index contributed by atoms with van der Waals surface area (Å²) in [5.41, 5.74) is 0.612. The number of hydrogen-bond acceptors (Lipinski definition) is 4. The minimum atomic E-state index is 0.584. The van der Waals surface area contributed by atoms with E-state index in [1.54, 1.807) is 36.3 Å². The summed E-state index contributed by atoms with van der Waals surface area (Å²) in [6.45, 7) is 0.584. The third-order valence-corrected chi connectivity index (χ3v) is 2.89. The molecule has 0 aliphatic carbocycles. The van der Waals surface area contributed by atoms with Gasteiger partial charge in [0.2, 0.25) is 0 Å². The van der Waals surface area contributed by atoms with Gasteiger partial charge in [-0.05, 0) is 18.2 Å². The molecule has 0 bridgehead atoms. The van der Waals surface area contributed by atoms with Crippen LogP contribution in [0.5, 0.6) is 5.75 Å². The summed E-state index contributed by atoms with van der Waals surface area (Å²) in [4.78, 5) is 7.10. The molecule has 0 unspecified atom stereocenters. The van der Waals surface area contributed by atoms with Crippen LogP contribution >= 0.6 is 11.8 Å². The SMILES string of the molecule is N#Cc1cccc(OCCSc2ncc[nH]2)c1. The lowest BCUT2D eigenvalue weighted by Gasteiger charge is -2.04.